The fraction of sp³-hybridized carbons (Fsp3) is 0.500. The Hall–Kier alpha value is -1.14. The smallest absolute Gasteiger partial charge is 0.173 e. The minimum absolute atomic E-state index is 0.0507. The van der Waals surface area contributed by atoms with E-state index in [4.69, 9.17) is 0 Å². The first-order valence-corrected chi connectivity index (χ1v) is 6.89. The van der Waals surface area contributed by atoms with Crippen molar-refractivity contribution in [3.63, 3.8) is 0 Å². The van der Waals surface area contributed by atoms with Gasteiger partial charge < -0.3 is 9.88 Å². The normalized spacial score (nSPS) is 22.7. The van der Waals surface area contributed by atoms with Crippen LogP contribution in [0.15, 0.2) is 23.9 Å². The molecule has 0 aliphatic carbocycles. The standard InChI is InChI=1S/C10H15N3O2S/c1-13-6-5-12-10(13)2-4-11-9-3-7-16(14,15)8-9/h3,5-7,9,11H,2,4,8H2,1H3. The zero-order valence-corrected chi connectivity index (χ0v) is 9.94. The van der Waals surface area contributed by atoms with E-state index in [1.54, 1.807) is 12.3 Å². The third-order valence-corrected chi connectivity index (χ3v) is 4.00. The van der Waals surface area contributed by atoms with Gasteiger partial charge in [-0.3, -0.25) is 0 Å². The summed E-state index contributed by atoms with van der Waals surface area (Å²) in [7, 11) is -1.01. The SMILES string of the molecule is Cn1ccnc1CCNC1C=CS(=O)(=O)C1. The molecule has 0 amide bonds. The van der Waals surface area contributed by atoms with Crippen molar-refractivity contribution in [2.24, 2.45) is 7.05 Å². The van der Waals surface area contributed by atoms with E-state index in [9.17, 15) is 8.42 Å². The molecule has 6 heteroatoms. The summed E-state index contributed by atoms with van der Waals surface area (Å²) in [4.78, 5) is 4.20. The predicted octanol–water partition coefficient (Wildman–Crippen LogP) is -0.137. The van der Waals surface area contributed by atoms with Crippen LogP contribution in [-0.4, -0.2) is 36.3 Å². The molecule has 1 aromatic rings. The molecule has 2 rings (SSSR count). The molecule has 1 aromatic heterocycles. The first-order valence-electron chi connectivity index (χ1n) is 5.17. The largest absolute Gasteiger partial charge is 0.338 e. The van der Waals surface area contributed by atoms with Crippen molar-refractivity contribution in [3.05, 3.63) is 29.7 Å². The van der Waals surface area contributed by atoms with E-state index in [1.165, 1.54) is 5.41 Å². The summed E-state index contributed by atoms with van der Waals surface area (Å²) in [5.41, 5.74) is 0. The lowest BCUT2D eigenvalue weighted by Crippen LogP contribution is -2.32. The Bertz CT molecular complexity index is 490. The van der Waals surface area contributed by atoms with Crippen molar-refractivity contribution >= 4 is 9.84 Å². The summed E-state index contributed by atoms with van der Waals surface area (Å²) in [6.45, 7) is 0.732. The Balaban J connectivity index is 1.78. The average Bonchev–Trinajstić information content (AvgIpc) is 2.74. The Morgan fingerprint density at radius 3 is 3.00 bits per heavy atom. The number of hydrogen-bond donors (Lipinski definition) is 1. The van der Waals surface area contributed by atoms with Crippen molar-refractivity contribution in [1.29, 1.82) is 0 Å². The van der Waals surface area contributed by atoms with Crippen molar-refractivity contribution in [1.82, 2.24) is 14.9 Å². The van der Waals surface area contributed by atoms with Gasteiger partial charge in [0.1, 0.15) is 5.82 Å². The highest BCUT2D eigenvalue weighted by Crippen LogP contribution is 2.07. The van der Waals surface area contributed by atoms with Crippen molar-refractivity contribution in [2.45, 2.75) is 12.5 Å². The van der Waals surface area contributed by atoms with Gasteiger partial charge in [-0.05, 0) is 0 Å². The molecule has 1 aliphatic heterocycles. The minimum atomic E-state index is -2.95. The fourth-order valence-electron chi connectivity index (χ4n) is 1.71. The zero-order valence-electron chi connectivity index (χ0n) is 9.13. The van der Waals surface area contributed by atoms with Crippen molar-refractivity contribution < 1.29 is 8.42 Å². The zero-order chi connectivity index (χ0) is 11.6. The molecule has 0 aromatic carbocycles. The van der Waals surface area contributed by atoms with Gasteiger partial charge in [-0.1, -0.05) is 6.08 Å². The van der Waals surface area contributed by atoms with E-state index in [1.807, 2.05) is 17.8 Å². The number of hydrogen-bond acceptors (Lipinski definition) is 4. The highest BCUT2D eigenvalue weighted by atomic mass is 32.2. The number of aryl methyl sites for hydroxylation is 1. The van der Waals surface area contributed by atoms with Crippen LogP contribution in [0, 0.1) is 0 Å². The van der Waals surface area contributed by atoms with E-state index in [2.05, 4.69) is 10.3 Å². The summed E-state index contributed by atoms with van der Waals surface area (Å²) in [6.07, 6.45) is 6.16. The van der Waals surface area contributed by atoms with Gasteiger partial charge in [0.15, 0.2) is 9.84 Å². The van der Waals surface area contributed by atoms with Gasteiger partial charge in [0.05, 0.1) is 5.75 Å². The highest BCUT2D eigenvalue weighted by molar-refractivity contribution is 7.94. The van der Waals surface area contributed by atoms with Gasteiger partial charge >= 0.3 is 0 Å². The summed E-state index contributed by atoms with van der Waals surface area (Å²) in [5, 5.41) is 4.47. The second kappa shape index (κ2) is 4.39. The Morgan fingerprint density at radius 1 is 1.62 bits per heavy atom. The van der Waals surface area contributed by atoms with Gasteiger partial charge in [0.25, 0.3) is 0 Å². The topological polar surface area (TPSA) is 64.0 Å². The van der Waals surface area contributed by atoms with Crippen LogP contribution in [0.4, 0.5) is 0 Å². The lowest BCUT2D eigenvalue weighted by molar-refractivity contribution is 0.586. The highest BCUT2D eigenvalue weighted by Gasteiger charge is 2.20. The molecule has 0 spiro atoms. The molecule has 1 N–H and O–H groups in total. The molecule has 0 saturated heterocycles. The van der Waals surface area contributed by atoms with Crippen LogP contribution in [0.3, 0.4) is 0 Å². The first-order chi connectivity index (χ1) is 7.57. The molecule has 88 valence electrons. The first kappa shape index (κ1) is 11.3. The maximum Gasteiger partial charge on any atom is 0.173 e. The molecule has 1 unspecified atom stereocenters. The molecule has 0 bridgehead atoms. The quantitative estimate of drug-likeness (QED) is 0.797. The molecule has 1 atom stereocenters. The Morgan fingerprint density at radius 2 is 2.44 bits per heavy atom. The number of nitrogens with one attached hydrogen (secondary N) is 1. The predicted molar refractivity (Wildman–Crippen MR) is 61.6 cm³/mol. The van der Waals surface area contributed by atoms with Gasteiger partial charge in [-0.2, -0.15) is 0 Å². The second-order valence-corrected chi connectivity index (χ2v) is 5.85. The third kappa shape index (κ3) is 2.70. The summed E-state index contributed by atoms with van der Waals surface area (Å²) < 4.78 is 24.2. The van der Waals surface area contributed by atoms with E-state index in [0.29, 0.717) is 0 Å². The molecule has 0 saturated carbocycles. The Kier molecular flexibility index (Phi) is 3.11. The van der Waals surface area contributed by atoms with Crippen LogP contribution in [0.25, 0.3) is 0 Å². The lowest BCUT2D eigenvalue weighted by Gasteiger charge is -2.09. The molecule has 5 nitrogen and oxygen atoms in total. The van der Waals surface area contributed by atoms with E-state index < -0.39 is 9.84 Å². The van der Waals surface area contributed by atoms with Crippen LogP contribution < -0.4 is 5.32 Å². The van der Waals surface area contributed by atoms with Crippen molar-refractivity contribution in [2.75, 3.05) is 12.3 Å². The van der Waals surface area contributed by atoms with Gasteiger partial charge in [0.2, 0.25) is 0 Å². The van der Waals surface area contributed by atoms with Crippen LogP contribution in [-0.2, 0) is 23.3 Å². The molecule has 0 fully saturated rings. The van der Waals surface area contributed by atoms with Crippen LogP contribution in [0.1, 0.15) is 5.82 Å². The van der Waals surface area contributed by atoms with E-state index in [-0.39, 0.29) is 11.8 Å². The molecule has 16 heavy (non-hydrogen) atoms. The maximum absolute atomic E-state index is 11.1. The summed E-state index contributed by atoms with van der Waals surface area (Å²) in [5.74, 6) is 1.17. The third-order valence-electron chi connectivity index (χ3n) is 2.61. The van der Waals surface area contributed by atoms with Crippen LogP contribution >= 0.6 is 0 Å². The molecule has 0 radical (unpaired) electrons. The number of aromatic nitrogens is 2. The molecular weight excluding hydrogens is 226 g/mol. The van der Waals surface area contributed by atoms with Gasteiger partial charge in [-0.25, -0.2) is 13.4 Å². The number of sulfone groups is 1. The second-order valence-electron chi connectivity index (χ2n) is 3.92. The van der Waals surface area contributed by atoms with E-state index in [0.717, 1.165) is 18.8 Å². The van der Waals surface area contributed by atoms with Gasteiger partial charge in [0, 0.05) is 43.9 Å². The average molecular weight is 241 g/mol. The summed E-state index contributed by atoms with van der Waals surface area (Å²) in [6, 6.07) is -0.0507. The molecular formula is C10H15N3O2S. The Labute approximate surface area is 95.1 Å². The molecule has 2 heterocycles. The fourth-order valence-corrected chi connectivity index (χ4v) is 2.98. The lowest BCUT2D eigenvalue weighted by atomic mass is 10.3. The summed E-state index contributed by atoms with van der Waals surface area (Å²) >= 11 is 0. The van der Waals surface area contributed by atoms with E-state index >= 15 is 0 Å². The van der Waals surface area contributed by atoms with Crippen LogP contribution in [0.5, 0.6) is 0 Å². The molecule has 1 aliphatic rings. The number of imidazole rings is 1. The number of nitrogens with zero attached hydrogens (tertiary/aromatic N) is 2. The number of rotatable bonds is 4. The maximum atomic E-state index is 11.1. The van der Waals surface area contributed by atoms with Gasteiger partial charge in [-0.15, -0.1) is 0 Å². The monoisotopic (exact) mass is 241 g/mol. The van der Waals surface area contributed by atoms with Crippen LogP contribution in [0.2, 0.25) is 0 Å². The minimum Gasteiger partial charge on any atom is -0.338 e. The van der Waals surface area contributed by atoms with Crippen molar-refractivity contribution in [3.8, 4) is 0 Å².